The van der Waals surface area contributed by atoms with E-state index in [1.807, 2.05) is 0 Å². The van der Waals surface area contributed by atoms with Crippen molar-refractivity contribution in [2.75, 3.05) is 6.54 Å². The van der Waals surface area contributed by atoms with E-state index in [4.69, 9.17) is 55.7 Å². The van der Waals surface area contributed by atoms with E-state index in [-0.39, 0.29) is 61.2 Å². The highest BCUT2D eigenvalue weighted by molar-refractivity contribution is 6.52. The molecule has 0 spiro atoms. The van der Waals surface area contributed by atoms with Crippen molar-refractivity contribution in [3.05, 3.63) is 31.7 Å². The zero-order valence-electron chi connectivity index (χ0n) is 20.5. The van der Waals surface area contributed by atoms with E-state index < -0.39 is 13.0 Å². The van der Waals surface area contributed by atoms with E-state index in [1.165, 1.54) is 6.07 Å². The first-order valence-corrected chi connectivity index (χ1v) is 13.5. The maximum absolute atomic E-state index is 12.8. The van der Waals surface area contributed by atoms with Gasteiger partial charge in [-0.25, -0.2) is 0 Å². The first-order valence-electron chi connectivity index (χ1n) is 12.0. The Labute approximate surface area is 227 Å². The van der Waals surface area contributed by atoms with Gasteiger partial charge in [-0.15, -0.1) is 0 Å². The van der Waals surface area contributed by atoms with Crippen molar-refractivity contribution < 1.29 is 18.9 Å². The number of halogens is 4. The Bertz CT molecular complexity index is 1040. The van der Waals surface area contributed by atoms with Crippen molar-refractivity contribution in [1.29, 1.82) is 0 Å². The Hall–Kier alpha value is -0.695. The summed E-state index contributed by atoms with van der Waals surface area (Å²) in [4.78, 5) is 25.5. The van der Waals surface area contributed by atoms with Gasteiger partial charge >= 0.3 is 7.12 Å². The molecule has 1 heterocycles. The molecule has 2 N–H and O–H groups in total. The quantitative estimate of drug-likeness (QED) is 0.249. The molecule has 1 unspecified atom stereocenters. The van der Waals surface area contributed by atoms with Crippen LogP contribution in [0.1, 0.15) is 64.2 Å². The van der Waals surface area contributed by atoms with Crippen molar-refractivity contribution in [2.24, 2.45) is 23.2 Å². The van der Waals surface area contributed by atoms with Gasteiger partial charge in [0.2, 0.25) is 5.91 Å². The SMILES string of the molecule is CC(C)C[C@H](NC(=O)CNC(=O)c1cc(Cl)c(Cl)c(Cl)c1Cl)B1O[C@@H]2C[C@@H]3CC(C3(C)C)[C@]2(C)O1. The van der Waals surface area contributed by atoms with Gasteiger partial charge in [-0.3, -0.25) is 9.59 Å². The fourth-order valence-electron chi connectivity index (χ4n) is 6.07. The molecule has 11 heteroatoms. The van der Waals surface area contributed by atoms with Crippen LogP contribution in [0, 0.1) is 23.2 Å². The normalized spacial score (nSPS) is 29.4. The first-order chi connectivity index (χ1) is 16.3. The van der Waals surface area contributed by atoms with Crippen molar-refractivity contribution >= 4 is 65.3 Å². The summed E-state index contributed by atoms with van der Waals surface area (Å²) in [5.41, 5.74) is -0.0843. The number of benzene rings is 1. The third-order valence-electron chi connectivity index (χ3n) is 8.13. The van der Waals surface area contributed by atoms with Gasteiger partial charge in [0.25, 0.3) is 5.91 Å². The summed E-state index contributed by atoms with van der Waals surface area (Å²) >= 11 is 24.2. The highest BCUT2D eigenvalue weighted by atomic mass is 35.5. The Morgan fingerprint density at radius 2 is 1.80 bits per heavy atom. The van der Waals surface area contributed by atoms with Gasteiger partial charge in [0.15, 0.2) is 0 Å². The number of hydrogen-bond acceptors (Lipinski definition) is 4. The summed E-state index contributed by atoms with van der Waals surface area (Å²) < 4.78 is 13.0. The zero-order valence-corrected chi connectivity index (χ0v) is 23.5. The summed E-state index contributed by atoms with van der Waals surface area (Å²) in [7, 11) is -0.537. The van der Waals surface area contributed by atoms with Crippen LogP contribution < -0.4 is 10.6 Å². The minimum Gasteiger partial charge on any atom is -0.404 e. The number of amides is 2. The van der Waals surface area contributed by atoms with Gasteiger partial charge in [-0.2, -0.15) is 0 Å². The average molecular weight is 564 g/mol. The Morgan fingerprint density at radius 1 is 1.11 bits per heavy atom. The molecule has 6 nitrogen and oxygen atoms in total. The molecular weight excluding hydrogens is 533 g/mol. The van der Waals surface area contributed by atoms with Gasteiger partial charge in [-0.05, 0) is 55.4 Å². The van der Waals surface area contributed by atoms with E-state index in [0.29, 0.717) is 24.2 Å². The number of nitrogens with one attached hydrogen (secondary N) is 2. The minimum atomic E-state index is -0.583. The highest BCUT2D eigenvalue weighted by Crippen LogP contribution is 2.65. The Balaban J connectivity index is 1.40. The lowest BCUT2D eigenvalue weighted by Crippen LogP contribution is -2.65. The lowest BCUT2D eigenvalue weighted by Gasteiger charge is -2.64. The second-order valence-electron chi connectivity index (χ2n) is 11.2. The molecule has 0 aromatic heterocycles. The third-order valence-corrected chi connectivity index (χ3v) is 9.88. The second kappa shape index (κ2) is 9.88. The molecular formula is C24H31BCl4N2O4. The van der Waals surface area contributed by atoms with Crippen LogP contribution in [-0.2, 0) is 14.1 Å². The molecule has 1 saturated heterocycles. The third kappa shape index (κ3) is 4.94. The molecule has 5 rings (SSSR count). The van der Waals surface area contributed by atoms with Crippen molar-refractivity contribution in [3.8, 4) is 0 Å². The molecule has 4 fully saturated rings. The number of hydrogen-bond donors (Lipinski definition) is 2. The van der Waals surface area contributed by atoms with Crippen LogP contribution in [0.15, 0.2) is 6.07 Å². The van der Waals surface area contributed by atoms with E-state index in [9.17, 15) is 9.59 Å². The molecule has 0 radical (unpaired) electrons. The maximum atomic E-state index is 12.8. The van der Waals surface area contributed by atoms with E-state index in [1.54, 1.807) is 0 Å². The molecule has 4 aliphatic rings. The van der Waals surface area contributed by atoms with Crippen LogP contribution in [0.25, 0.3) is 0 Å². The van der Waals surface area contributed by atoms with Gasteiger partial charge in [0, 0.05) is 0 Å². The summed E-state index contributed by atoms with van der Waals surface area (Å²) in [6.07, 6.45) is 2.84. The van der Waals surface area contributed by atoms with Gasteiger partial charge in [0.05, 0.1) is 49.8 Å². The van der Waals surface area contributed by atoms with Crippen LogP contribution in [0.3, 0.4) is 0 Å². The average Bonchev–Trinajstić information content (AvgIpc) is 3.14. The van der Waals surface area contributed by atoms with Gasteiger partial charge in [-0.1, -0.05) is 74.1 Å². The zero-order chi connectivity index (χ0) is 25.9. The Morgan fingerprint density at radius 3 is 2.43 bits per heavy atom. The van der Waals surface area contributed by atoms with Crippen LogP contribution in [0.5, 0.6) is 0 Å². The summed E-state index contributed by atoms with van der Waals surface area (Å²) in [5, 5.41) is 5.70. The summed E-state index contributed by atoms with van der Waals surface area (Å²) in [6, 6.07) is 1.32. The fraction of sp³-hybridized carbons (Fsp3) is 0.667. The van der Waals surface area contributed by atoms with Gasteiger partial charge < -0.3 is 19.9 Å². The monoisotopic (exact) mass is 562 g/mol. The lowest BCUT2D eigenvalue weighted by atomic mass is 9.43. The molecule has 3 aliphatic carbocycles. The molecule has 35 heavy (non-hydrogen) atoms. The van der Waals surface area contributed by atoms with Crippen molar-refractivity contribution in [2.45, 2.75) is 71.5 Å². The number of rotatable bonds is 7. The number of carbonyl (C=O) groups is 2. The van der Waals surface area contributed by atoms with E-state index in [0.717, 1.165) is 12.8 Å². The van der Waals surface area contributed by atoms with Crippen LogP contribution in [0.2, 0.25) is 20.1 Å². The number of carbonyl (C=O) groups excluding carboxylic acids is 2. The predicted molar refractivity (Wildman–Crippen MR) is 140 cm³/mol. The Kier molecular flexibility index (Phi) is 7.72. The van der Waals surface area contributed by atoms with E-state index >= 15 is 0 Å². The first kappa shape index (κ1) is 27.3. The van der Waals surface area contributed by atoms with Crippen molar-refractivity contribution in [3.63, 3.8) is 0 Å². The van der Waals surface area contributed by atoms with Crippen molar-refractivity contribution in [1.82, 2.24) is 10.6 Å². The standard InChI is InChI=1S/C24H31BCl4N2O4/c1-11(2)6-17(25-34-16-8-12-7-15(23(12,3)4)24(16,5)35-25)31-18(32)10-30-22(33)13-9-14(26)20(28)21(29)19(13)27/h9,11-12,15-17H,6-8,10H2,1-5H3,(H,30,33)(H,31,32)/t12-,15?,16+,17-,24-/m0/s1. The minimum absolute atomic E-state index is 0.0148. The molecule has 5 atom stereocenters. The van der Waals surface area contributed by atoms with Crippen LogP contribution in [-0.4, -0.2) is 43.1 Å². The molecule has 2 amide bonds. The van der Waals surface area contributed by atoms with Crippen LogP contribution in [0.4, 0.5) is 0 Å². The molecule has 192 valence electrons. The molecule has 1 aromatic rings. The molecule has 1 aliphatic heterocycles. The molecule has 1 aromatic carbocycles. The van der Waals surface area contributed by atoms with Crippen LogP contribution >= 0.6 is 46.4 Å². The highest BCUT2D eigenvalue weighted by Gasteiger charge is 2.68. The van der Waals surface area contributed by atoms with Gasteiger partial charge in [0.1, 0.15) is 0 Å². The smallest absolute Gasteiger partial charge is 0.404 e. The summed E-state index contributed by atoms with van der Waals surface area (Å²) in [5.74, 6) is 0.0946. The second-order valence-corrected chi connectivity index (χ2v) is 12.7. The fourth-order valence-corrected chi connectivity index (χ4v) is 6.96. The van der Waals surface area contributed by atoms with E-state index in [2.05, 4.69) is 45.3 Å². The molecule has 2 bridgehead atoms. The lowest BCUT2D eigenvalue weighted by molar-refractivity contribution is -0.199. The predicted octanol–water partition coefficient (Wildman–Crippen LogP) is 5.83. The molecule has 3 saturated carbocycles. The topological polar surface area (TPSA) is 76.7 Å². The largest absolute Gasteiger partial charge is 0.481 e. The maximum Gasteiger partial charge on any atom is 0.481 e. The summed E-state index contributed by atoms with van der Waals surface area (Å²) in [6.45, 7) is 10.7.